The van der Waals surface area contributed by atoms with Gasteiger partial charge in [-0.15, -0.1) is 11.3 Å². The Kier molecular flexibility index (Phi) is 5.60. The highest BCUT2D eigenvalue weighted by Gasteiger charge is 2.21. The molecule has 3 aromatic rings. The van der Waals surface area contributed by atoms with E-state index in [-0.39, 0.29) is 11.9 Å². The average Bonchev–Trinajstić information content (AvgIpc) is 2.98. The van der Waals surface area contributed by atoms with Gasteiger partial charge in [0.25, 0.3) is 0 Å². The van der Waals surface area contributed by atoms with E-state index in [0.29, 0.717) is 23.1 Å². The highest BCUT2D eigenvalue weighted by atomic mass is 32.1. The van der Waals surface area contributed by atoms with Crippen molar-refractivity contribution in [1.29, 1.82) is 0 Å². The van der Waals surface area contributed by atoms with Gasteiger partial charge in [-0.1, -0.05) is 0 Å². The van der Waals surface area contributed by atoms with Gasteiger partial charge in [0.05, 0.1) is 12.0 Å². The number of nitrogens with zero attached hydrogens (tertiary/aromatic N) is 3. The first-order chi connectivity index (χ1) is 13.3. The Morgan fingerprint density at radius 1 is 1.18 bits per heavy atom. The van der Waals surface area contributed by atoms with E-state index in [4.69, 9.17) is 4.74 Å². The lowest BCUT2D eigenvalue weighted by molar-refractivity contribution is -0.116. The molecule has 1 amide bonds. The number of ether oxygens (including phenoxy) is 1. The van der Waals surface area contributed by atoms with Crippen molar-refractivity contribution >= 4 is 50.6 Å². The zero-order chi connectivity index (χ0) is 20.4. The van der Waals surface area contributed by atoms with Crippen molar-refractivity contribution in [1.82, 2.24) is 9.97 Å². The molecule has 28 heavy (non-hydrogen) atoms. The second kappa shape index (κ2) is 7.93. The lowest BCUT2D eigenvalue weighted by Crippen LogP contribution is -2.22. The average molecular weight is 398 g/mol. The van der Waals surface area contributed by atoms with Crippen LogP contribution in [0.15, 0.2) is 24.3 Å². The molecule has 146 valence electrons. The van der Waals surface area contributed by atoms with Gasteiger partial charge in [-0.3, -0.25) is 4.79 Å². The summed E-state index contributed by atoms with van der Waals surface area (Å²) in [7, 11) is 1.73. The summed E-state index contributed by atoms with van der Waals surface area (Å²) in [6.07, 6.45) is 0. The van der Waals surface area contributed by atoms with E-state index < -0.39 is 0 Å². The summed E-state index contributed by atoms with van der Waals surface area (Å²) in [5, 5.41) is 4.12. The fourth-order valence-electron chi connectivity index (χ4n) is 2.81. The first-order valence-electron chi connectivity index (χ1n) is 8.88. The second-order valence-electron chi connectivity index (χ2n) is 6.33. The van der Waals surface area contributed by atoms with Gasteiger partial charge in [-0.05, 0) is 50.6 Å². The van der Waals surface area contributed by atoms with Crippen molar-refractivity contribution in [3.05, 3.63) is 40.5 Å². The normalized spacial score (nSPS) is 10.8. The number of thiophene rings is 1. The third-order valence-electron chi connectivity index (χ3n) is 4.35. The number of hydrogen-bond donors (Lipinski definition) is 1. The van der Waals surface area contributed by atoms with Crippen molar-refractivity contribution in [3.63, 3.8) is 0 Å². The molecule has 0 aliphatic heterocycles. The topological polar surface area (TPSA) is 84.4 Å². The first-order valence-corrected chi connectivity index (χ1v) is 9.69. The third-order valence-corrected chi connectivity index (χ3v) is 5.52. The van der Waals surface area contributed by atoms with Crippen LogP contribution in [0.1, 0.15) is 34.9 Å². The maximum absolute atomic E-state index is 12.2. The zero-order valence-electron chi connectivity index (χ0n) is 16.5. The van der Waals surface area contributed by atoms with Gasteiger partial charge in [0.15, 0.2) is 0 Å². The van der Waals surface area contributed by atoms with Crippen molar-refractivity contribution in [2.75, 3.05) is 23.9 Å². The molecule has 3 rings (SSSR count). The SMILES string of the molecule is CCOC(=O)c1sc2nc(C)nc(Nc3ccc(N(C)C(C)=O)cc3)c2c1C. The van der Waals surface area contributed by atoms with Crippen LogP contribution in [-0.4, -0.2) is 35.5 Å². The molecule has 7 nitrogen and oxygen atoms in total. The van der Waals surface area contributed by atoms with Gasteiger partial charge < -0.3 is 15.0 Å². The Balaban J connectivity index is 1.99. The Morgan fingerprint density at radius 2 is 1.86 bits per heavy atom. The molecule has 0 saturated carbocycles. The number of carbonyl (C=O) groups is 2. The smallest absolute Gasteiger partial charge is 0.348 e. The molecule has 2 aromatic heterocycles. The number of rotatable bonds is 5. The van der Waals surface area contributed by atoms with Crippen LogP contribution in [0.25, 0.3) is 10.2 Å². The largest absolute Gasteiger partial charge is 0.462 e. The summed E-state index contributed by atoms with van der Waals surface area (Å²) in [5.74, 6) is 0.872. The van der Waals surface area contributed by atoms with Gasteiger partial charge >= 0.3 is 5.97 Å². The number of fused-ring (bicyclic) bond motifs is 1. The van der Waals surface area contributed by atoms with Gasteiger partial charge in [-0.25, -0.2) is 14.8 Å². The lowest BCUT2D eigenvalue weighted by atomic mass is 10.2. The molecule has 0 aliphatic rings. The van der Waals surface area contributed by atoms with Crippen molar-refractivity contribution < 1.29 is 14.3 Å². The molecule has 0 aliphatic carbocycles. The number of nitrogens with one attached hydrogen (secondary N) is 1. The second-order valence-corrected chi connectivity index (χ2v) is 7.33. The minimum Gasteiger partial charge on any atom is -0.462 e. The van der Waals surface area contributed by atoms with Crippen LogP contribution in [0.2, 0.25) is 0 Å². The highest BCUT2D eigenvalue weighted by molar-refractivity contribution is 7.20. The van der Waals surface area contributed by atoms with Crippen LogP contribution < -0.4 is 10.2 Å². The van der Waals surface area contributed by atoms with Gasteiger partial charge in [0.1, 0.15) is 21.3 Å². The number of aromatic nitrogens is 2. The predicted molar refractivity (Wildman–Crippen MR) is 112 cm³/mol. The Hall–Kier alpha value is -3.00. The lowest BCUT2D eigenvalue weighted by Gasteiger charge is -2.15. The van der Waals surface area contributed by atoms with Crippen LogP contribution in [0, 0.1) is 13.8 Å². The first kappa shape index (κ1) is 19.8. The van der Waals surface area contributed by atoms with Gasteiger partial charge in [0.2, 0.25) is 5.91 Å². The van der Waals surface area contributed by atoms with Gasteiger partial charge in [0, 0.05) is 25.3 Å². The number of esters is 1. The summed E-state index contributed by atoms with van der Waals surface area (Å²) in [4.78, 5) is 35.6. The number of amides is 1. The van der Waals surface area contributed by atoms with E-state index in [1.807, 2.05) is 38.1 Å². The minimum atomic E-state index is -0.344. The molecule has 1 N–H and O–H groups in total. The molecule has 0 unspecified atom stereocenters. The Bertz CT molecular complexity index is 1040. The van der Waals surface area contributed by atoms with Crippen LogP contribution in [0.5, 0.6) is 0 Å². The molecule has 0 atom stereocenters. The predicted octanol–water partition coefficient (Wildman–Crippen LogP) is 4.21. The number of benzene rings is 1. The van der Waals surface area contributed by atoms with E-state index in [1.165, 1.54) is 18.3 Å². The summed E-state index contributed by atoms with van der Waals surface area (Å²) >= 11 is 1.31. The fraction of sp³-hybridized carbons (Fsp3) is 0.300. The van der Waals surface area contributed by atoms with Crippen molar-refractivity contribution in [3.8, 4) is 0 Å². The maximum atomic E-state index is 12.2. The summed E-state index contributed by atoms with van der Waals surface area (Å²) < 4.78 is 5.15. The quantitative estimate of drug-likeness (QED) is 0.648. The van der Waals surface area contributed by atoms with Crippen molar-refractivity contribution in [2.45, 2.75) is 27.7 Å². The third kappa shape index (κ3) is 3.82. The molecule has 0 bridgehead atoms. The summed E-state index contributed by atoms with van der Waals surface area (Å²) in [6, 6.07) is 7.48. The van der Waals surface area contributed by atoms with Crippen molar-refractivity contribution in [2.24, 2.45) is 0 Å². The molecule has 0 saturated heterocycles. The van der Waals surface area contributed by atoms with Gasteiger partial charge in [-0.2, -0.15) is 0 Å². The Morgan fingerprint density at radius 3 is 2.46 bits per heavy atom. The maximum Gasteiger partial charge on any atom is 0.348 e. The van der Waals surface area contributed by atoms with E-state index >= 15 is 0 Å². The van der Waals surface area contributed by atoms with Crippen LogP contribution in [-0.2, 0) is 9.53 Å². The van der Waals surface area contributed by atoms with Crippen LogP contribution >= 0.6 is 11.3 Å². The standard InChI is InChI=1S/C20H22N4O3S/c1-6-27-20(26)17-11(2)16-18(21-12(3)22-19(16)28-17)23-14-7-9-15(10-8-14)24(5)13(4)25/h7-10H,6H2,1-5H3,(H,21,22,23). The molecule has 2 heterocycles. The number of anilines is 3. The highest BCUT2D eigenvalue weighted by Crippen LogP contribution is 2.35. The van der Waals surface area contributed by atoms with E-state index in [9.17, 15) is 9.59 Å². The molecule has 8 heteroatoms. The number of hydrogen-bond acceptors (Lipinski definition) is 7. The van der Waals surface area contributed by atoms with Crippen LogP contribution in [0.4, 0.5) is 17.2 Å². The molecule has 1 aromatic carbocycles. The van der Waals surface area contributed by atoms with E-state index in [1.54, 1.807) is 18.9 Å². The van der Waals surface area contributed by atoms with E-state index in [2.05, 4.69) is 15.3 Å². The minimum absolute atomic E-state index is 0.0331. The molecule has 0 fully saturated rings. The summed E-state index contributed by atoms with van der Waals surface area (Å²) in [5.41, 5.74) is 2.43. The zero-order valence-corrected chi connectivity index (χ0v) is 17.3. The molecular formula is C20H22N4O3S. The molecule has 0 spiro atoms. The van der Waals surface area contributed by atoms with E-state index in [0.717, 1.165) is 27.2 Å². The monoisotopic (exact) mass is 398 g/mol. The van der Waals surface area contributed by atoms with Crippen LogP contribution in [0.3, 0.4) is 0 Å². The fourth-order valence-corrected chi connectivity index (χ4v) is 3.93. The Labute approximate surface area is 167 Å². The number of carbonyl (C=O) groups excluding carboxylic acids is 2. The number of aryl methyl sites for hydroxylation is 2. The summed E-state index contributed by atoms with van der Waals surface area (Å²) in [6.45, 7) is 7.32. The molecular weight excluding hydrogens is 376 g/mol. The molecule has 0 radical (unpaired) electrons.